The second kappa shape index (κ2) is 9.32. The van der Waals surface area contributed by atoms with Crippen molar-refractivity contribution in [3.05, 3.63) is 78.4 Å². The summed E-state index contributed by atoms with van der Waals surface area (Å²) in [5, 5.41) is 12.3. The quantitative estimate of drug-likeness (QED) is 0.621. The summed E-state index contributed by atoms with van der Waals surface area (Å²) in [6.45, 7) is 0.205. The molecule has 3 aromatic carbocycles. The lowest BCUT2D eigenvalue weighted by Crippen LogP contribution is -2.28. The normalized spacial score (nSPS) is 10.2. The van der Waals surface area contributed by atoms with Crippen molar-refractivity contribution >= 4 is 5.91 Å². The van der Waals surface area contributed by atoms with E-state index in [1.54, 1.807) is 36.4 Å². The van der Waals surface area contributed by atoms with Gasteiger partial charge in [0.15, 0.2) is 18.1 Å². The number of amides is 1. The monoisotopic (exact) mass is 379 g/mol. The van der Waals surface area contributed by atoms with E-state index in [1.165, 1.54) is 13.2 Å². The van der Waals surface area contributed by atoms with Gasteiger partial charge in [0, 0.05) is 6.54 Å². The van der Waals surface area contributed by atoms with Gasteiger partial charge < -0.3 is 24.6 Å². The average molecular weight is 379 g/mol. The molecule has 6 heteroatoms. The summed E-state index contributed by atoms with van der Waals surface area (Å²) in [6, 6.07) is 21.4. The Hall–Kier alpha value is -3.67. The van der Waals surface area contributed by atoms with Crippen LogP contribution in [-0.4, -0.2) is 24.7 Å². The lowest BCUT2D eigenvalue weighted by molar-refractivity contribution is -0.123. The number of phenols is 1. The maximum atomic E-state index is 12.0. The molecule has 0 aliphatic rings. The Labute approximate surface area is 163 Å². The molecule has 3 rings (SSSR count). The molecule has 0 saturated heterocycles. The number of ether oxygens (including phenoxy) is 3. The fraction of sp³-hybridized carbons (Fsp3) is 0.136. The van der Waals surface area contributed by atoms with E-state index in [0.29, 0.717) is 23.8 Å². The van der Waals surface area contributed by atoms with Crippen LogP contribution in [0.3, 0.4) is 0 Å². The molecular formula is C22H21NO5. The summed E-state index contributed by atoms with van der Waals surface area (Å²) >= 11 is 0. The third-order valence-corrected chi connectivity index (χ3v) is 3.91. The molecule has 0 heterocycles. The van der Waals surface area contributed by atoms with Gasteiger partial charge in [0.05, 0.1) is 7.11 Å². The Morgan fingerprint density at radius 1 is 0.929 bits per heavy atom. The van der Waals surface area contributed by atoms with Crippen LogP contribution < -0.4 is 19.5 Å². The first-order valence-corrected chi connectivity index (χ1v) is 8.72. The summed E-state index contributed by atoms with van der Waals surface area (Å²) in [6.07, 6.45) is 0. The maximum absolute atomic E-state index is 12.0. The van der Waals surface area contributed by atoms with Crippen LogP contribution in [0.15, 0.2) is 72.8 Å². The highest BCUT2D eigenvalue weighted by Crippen LogP contribution is 2.26. The van der Waals surface area contributed by atoms with Gasteiger partial charge in [0.1, 0.15) is 17.2 Å². The molecule has 0 atom stereocenters. The van der Waals surface area contributed by atoms with Gasteiger partial charge in [-0.3, -0.25) is 4.79 Å². The first-order chi connectivity index (χ1) is 13.6. The molecular weight excluding hydrogens is 358 g/mol. The molecule has 0 spiro atoms. The van der Waals surface area contributed by atoms with Crippen LogP contribution in [0.1, 0.15) is 5.56 Å². The third kappa shape index (κ3) is 5.41. The zero-order valence-electron chi connectivity index (χ0n) is 15.4. The number of hydrogen-bond acceptors (Lipinski definition) is 5. The number of aromatic hydroxyl groups is 1. The average Bonchev–Trinajstić information content (AvgIpc) is 2.73. The molecule has 0 aromatic heterocycles. The van der Waals surface area contributed by atoms with Crippen molar-refractivity contribution in [2.45, 2.75) is 6.54 Å². The minimum Gasteiger partial charge on any atom is -0.504 e. The van der Waals surface area contributed by atoms with Gasteiger partial charge in [-0.2, -0.15) is 0 Å². The molecule has 3 aromatic rings. The van der Waals surface area contributed by atoms with E-state index in [1.807, 2.05) is 30.3 Å². The molecule has 0 unspecified atom stereocenters. The number of carbonyl (C=O) groups is 1. The second-order valence-corrected chi connectivity index (χ2v) is 5.96. The fourth-order valence-corrected chi connectivity index (χ4v) is 2.46. The number of benzene rings is 3. The van der Waals surface area contributed by atoms with Crippen LogP contribution in [0.2, 0.25) is 0 Å². The predicted octanol–water partition coefficient (Wildman–Crippen LogP) is 3.89. The van der Waals surface area contributed by atoms with Gasteiger partial charge >= 0.3 is 0 Å². The first kappa shape index (κ1) is 19.1. The Morgan fingerprint density at radius 2 is 1.61 bits per heavy atom. The van der Waals surface area contributed by atoms with Crippen LogP contribution in [0.4, 0.5) is 0 Å². The molecule has 2 N–H and O–H groups in total. The van der Waals surface area contributed by atoms with Gasteiger partial charge in [-0.05, 0) is 54.1 Å². The molecule has 6 nitrogen and oxygen atoms in total. The van der Waals surface area contributed by atoms with Gasteiger partial charge in [-0.25, -0.2) is 0 Å². The standard InChI is InChI=1S/C22H21NO5/c1-26-21-13-16(7-12-20(21)24)14-23-22(25)15-27-17-8-10-19(11-9-17)28-18-5-3-2-4-6-18/h2-13,24H,14-15H2,1H3,(H,23,25). The highest BCUT2D eigenvalue weighted by atomic mass is 16.5. The maximum Gasteiger partial charge on any atom is 0.258 e. The van der Waals surface area contributed by atoms with Crippen molar-refractivity contribution in [1.82, 2.24) is 5.32 Å². The van der Waals surface area contributed by atoms with Gasteiger partial charge in [-0.15, -0.1) is 0 Å². The van der Waals surface area contributed by atoms with Crippen molar-refractivity contribution in [1.29, 1.82) is 0 Å². The Balaban J connectivity index is 1.45. The Bertz CT molecular complexity index is 910. The molecule has 0 saturated carbocycles. The first-order valence-electron chi connectivity index (χ1n) is 8.72. The summed E-state index contributed by atoms with van der Waals surface area (Å²) in [5.74, 6) is 2.17. The number of carbonyl (C=O) groups excluding carboxylic acids is 1. The van der Waals surface area contributed by atoms with E-state index >= 15 is 0 Å². The Kier molecular flexibility index (Phi) is 6.36. The van der Waals surface area contributed by atoms with Gasteiger partial charge in [0.25, 0.3) is 5.91 Å². The summed E-state index contributed by atoms with van der Waals surface area (Å²) in [4.78, 5) is 12.0. The number of nitrogens with one attached hydrogen (secondary N) is 1. The molecule has 0 bridgehead atoms. The smallest absolute Gasteiger partial charge is 0.258 e. The number of methoxy groups -OCH3 is 1. The largest absolute Gasteiger partial charge is 0.504 e. The zero-order valence-corrected chi connectivity index (χ0v) is 15.4. The van der Waals surface area contributed by atoms with Crippen molar-refractivity contribution in [3.63, 3.8) is 0 Å². The minimum atomic E-state index is -0.253. The van der Waals surface area contributed by atoms with Crippen molar-refractivity contribution in [2.75, 3.05) is 13.7 Å². The summed E-state index contributed by atoms with van der Waals surface area (Å²) in [7, 11) is 1.47. The lowest BCUT2D eigenvalue weighted by Gasteiger charge is -2.10. The highest BCUT2D eigenvalue weighted by molar-refractivity contribution is 5.77. The van der Waals surface area contributed by atoms with Crippen molar-refractivity contribution < 1.29 is 24.1 Å². The number of para-hydroxylation sites is 1. The molecule has 0 fully saturated rings. The fourth-order valence-electron chi connectivity index (χ4n) is 2.46. The molecule has 0 radical (unpaired) electrons. The van der Waals surface area contributed by atoms with Gasteiger partial charge in [-0.1, -0.05) is 24.3 Å². The Morgan fingerprint density at radius 3 is 2.32 bits per heavy atom. The zero-order chi connectivity index (χ0) is 19.8. The van der Waals surface area contributed by atoms with Crippen molar-refractivity contribution in [2.24, 2.45) is 0 Å². The minimum absolute atomic E-state index is 0.0561. The van der Waals surface area contributed by atoms with E-state index in [-0.39, 0.29) is 18.3 Å². The summed E-state index contributed by atoms with van der Waals surface area (Å²) < 4.78 is 16.3. The van der Waals surface area contributed by atoms with E-state index in [2.05, 4.69) is 5.32 Å². The highest BCUT2D eigenvalue weighted by Gasteiger charge is 2.06. The second-order valence-electron chi connectivity index (χ2n) is 5.96. The SMILES string of the molecule is COc1cc(CNC(=O)COc2ccc(Oc3ccccc3)cc2)ccc1O. The molecule has 144 valence electrons. The number of rotatable bonds is 8. The van der Waals surface area contributed by atoms with Crippen LogP contribution in [0.5, 0.6) is 28.7 Å². The van der Waals surface area contributed by atoms with Crippen LogP contribution >= 0.6 is 0 Å². The van der Waals surface area contributed by atoms with Crippen molar-refractivity contribution in [3.8, 4) is 28.7 Å². The van der Waals surface area contributed by atoms with E-state index in [0.717, 1.165) is 11.3 Å². The number of phenolic OH excluding ortho intramolecular Hbond substituents is 1. The lowest BCUT2D eigenvalue weighted by atomic mass is 10.2. The van der Waals surface area contributed by atoms with Gasteiger partial charge in [0.2, 0.25) is 0 Å². The topological polar surface area (TPSA) is 77.0 Å². The summed E-state index contributed by atoms with van der Waals surface area (Å²) in [5.41, 5.74) is 0.811. The third-order valence-electron chi connectivity index (χ3n) is 3.91. The predicted molar refractivity (Wildman–Crippen MR) is 105 cm³/mol. The van der Waals surface area contributed by atoms with Crippen LogP contribution in [-0.2, 0) is 11.3 Å². The molecule has 1 amide bonds. The number of hydrogen-bond donors (Lipinski definition) is 2. The van der Waals surface area contributed by atoms with E-state index in [9.17, 15) is 9.90 Å². The molecule has 28 heavy (non-hydrogen) atoms. The molecule has 0 aliphatic carbocycles. The van der Waals surface area contributed by atoms with Crippen LogP contribution in [0.25, 0.3) is 0 Å². The van der Waals surface area contributed by atoms with Crippen LogP contribution in [0, 0.1) is 0 Å². The van der Waals surface area contributed by atoms with E-state index < -0.39 is 0 Å². The molecule has 0 aliphatic heterocycles. The van der Waals surface area contributed by atoms with E-state index in [4.69, 9.17) is 14.2 Å².